The summed E-state index contributed by atoms with van der Waals surface area (Å²) in [4.78, 5) is 12.4. The van der Waals surface area contributed by atoms with Crippen molar-refractivity contribution < 1.29 is 18.0 Å². The number of carbonyl (C=O) groups excluding carboxylic acids is 1. The molecule has 0 unspecified atom stereocenters. The Bertz CT molecular complexity index is 1030. The fourth-order valence-electron chi connectivity index (χ4n) is 4.10. The van der Waals surface area contributed by atoms with Crippen molar-refractivity contribution in [3.63, 3.8) is 0 Å². The highest BCUT2D eigenvalue weighted by Gasteiger charge is 2.45. The van der Waals surface area contributed by atoms with Gasteiger partial charge in [-0.2, -0.15) is 23.7 Å². The van der Waals surface area contributed by atoms with Crippen molar-refractivity contribution in [3.8, 4) is 12.1 Å². The van der Waals surface area contributed by atoms with Gasteiger partial charge in [0.1, 0.15) is 5.82 Å². The first-order chi connectivity index (χ1) is 14.7. The van der Waals surface area contributed by atoms with Gasteiger partial charge in [-0.1, -0.05) is 43.2 Å². The molecule has 1 aromatic rings. The van der Waals surface area contributed by atoms with Crippen LogP contribution in [0.4, 0.5) is 18.9 Å². The first-order valence-corrected chi connectivity index (χ1v) is 10.6. The first kappa shape index (κ1) is 22.6. The van der Waals surface area contributed by atoms with Crippen LogP contribution in [-0.2, 0) is 11.0 Å². The number of hydrogen-bond donors (Lipinski definition) is 3. The number of amides is 1. The van der Waals surface area contributed by atoms with Crippen LogP contribution in [0.3, 0.4) is 0 Å². The molecule has 0 atom stereocenters. The molecule has 0 radical (unpaired) electrons. The molecule has 0 aromatic heterocycles. The van der Waals surface area contributed by atoms with Crippen molar-refractivity contribution in [3.05, 3.63) is 51.8 Å². The van der Waals surface area contributed by atoms with Gasteiger partial charge in [0.25, 0.3) is 0 Å². The van der Waals surface area contributed by atoms with Crippen LogP contribution in [0.15, 0.2) is 46.3 Å². The SMILES string of the molecule is N#CC1=C(N)NC(SCC(=O)Nc2ccccc2C(F)(F)F)=C(C#N)C12CCCCC2. The number of allylic oxidation sites excluding steroid dienone is 2. The number of carbonyl (C=O) groups is 1. The molecule has 1 heterocycles. The third-order valence-electron chi connectivity index (χ3n) is 5.49. The van der Waals surface area contributed by atoms with Crippen LogP contribution in [0.5, 0.6) is 0 Å². The number of hydrogen-bond acceptors (Lipinski definition) is 6. The maximum Gasteiger partial charge on any atom is 0.418 e. The summed E-state index contributed by atoms with van der Waals surface area (Å²) in [5.74, 6) is -0.737. The molecular weight excluding hydrogens is 427 g/mol. The summed E-state index contributed by atoms with van der Waals surface area (Å²) in [7, 11) is 0. The maximum atomic E-state index is 13.1. The summed E-state index contributed by atoms with van der Waals surface area (Å²) < 4.78 is 39.4. The van der Waals surface area contributed by atoms with Crippen LogP contribution in [0.2, 0.25) is 0 Å². The average molecular weight is 447 g/mol. The molecule has 1 fully saturated rings. The Kier molecular flexibility index (Phi) is 6.51. The van der Waals surface area contributed by atoms with Crippen LogP contribution in [-0.4, -0.2) is 11.7 Å². The predicted octanol–water partition coefficient (Wildman–Crippen LogP) is 4.36. The van der Waals surface area contributed by atoms with E-state index in [0.29, 0.717) is 29.0 Å². The van der Waals surface area contributed by atoms with E-state index in [0.717, 1.165) is 37.1 Å². The van der Waals surface area contributed by atoms with Crippen molar-refractivity contribution in [2.75, 3.05) is 11.1 Å². The van der Waals surface area contributed by atoms with Crippen LogP contribution in [0.25, 0.3) is 0 Å². The van der Waals surface area contributed by atoms with Gasteiger partial charge in [0.15, 0.2) is 0 Å². The van der Waals surface area contributed by atoms with Crippen LogP contribution < -0.4 is 16.4 Å². The molecule has 0 bridgehead atoms. The predicted molar refractivity (Wildman–Crippen MR) is 111 cm³/mol. The molecule has 6 nitrogen and oxygen atoms in total. The summed E-state index contributed by atoms with van der Waals surface area (Å²) in [6, 6.07) is 9.03. The normalized spacial score (nSPS) is 18.2. The number of para-hydroxylation sites is 1. The number of anilines is 1. The maximum absolute atomic E-state index is 13.1. The Morgan fingerprint density at radius 2 is 1.81 bits per heavy atom. The Morgan fingerprint density at radius 3 is 2.42 bits per heavy atom. The molecule has 162 valence electrons. The van der Waals surface area contributed by atoms with Gasteiger partial charge in [-0.25, -0.2) is 0 Å². The number of alkyl halides is 3. The van der Waals surface area contributed by atoms with Crippen molar-refractivity contribution in [2.24, 2.45) is 11.1 Å². The second-order valence-corrected chi connectivity index (χ2v) is 8.35. The van der Waals surface area contributed by atoms with Gasteiger partial charge in [0.05, 0.1) is 45.3 Å². The molecule has 4 N–H and O–H groups in total. The van der Waals surface area contributed by atoms with Gasteiger partial charge >= 0.3 is 6.18 Å². The van der Waals surface area contributed by atoms with Crippen LogP contribution in [0, 0.1) is 28.1 Å². The third kappa shape index (κ3) is 4.49. The lowest BCUT2D eigenvalue weighted by Crippen LogP contribution is -2.39. The molecule has 31 heavy (non-hydrogen) atoms. The molecule has 0 saturated heterocycles. The number of thioether (sulfide) groups is 1. The highest BCUT2D eigenvalue weighted by atomic mass is 32.2. The lowest BCUT2D eigenvalue weighted by Gasteiger charge is -2.40. The summed E-state index contributed by atoms with van der Waals surface area (Å²) in [5, 5.41) is 25.0. The van der Waals surface area contributed by atoms with E-state index in [1.165, 1.54) is 18.2 Å². The number of halogens is 3. The zero-order valence-corrected chi connectivity index (χ0v) is 17.3. The second kappa shape index (κ2) is 8.94. The Morgan fingerprint density at radius 1 is 1.16 bits per heavy atom. The van der Waals surface area contributed by atoms with E-state index < -0.39 is 23.1 Å². The lowest BCUT2D eigenvalue weighted by molar-refractivity contribution is -0.137. The zero-order valence-electron chi connectivity index (χ0n) is 16.5. The minimum Gasteiger partial charge on any atom is -0.384 e. The fraction of sp³-hybridized carbons (Fsp3) is 0.381. The molecule has 3 rings (SSSR count). The van der Waals surface area contributed by atoms with Gasteiger partial charge in [-0.3, -0.25) is 4.79 Å². The summed E-state index contributed by atoms with van der Waals surface area (Å²) >= 11 is 0.984. The Hall–Kier alpha value is -3.11. The average Bonchev–Trinajstić information content (AvgIpc) is 2.72. The molecule has 1 saturated carbocycles. The fourth-order valence-corrected chi connectivity index (χ4v) is 5.01. The van der Waals surface area contributed by atoms with Crippen LogP contribution in [0.1, 0.15) is 37.7 Å². The summed E-state index contributed by atoms with van der Waals surface area (Å²) in [5.41, 5.74) is 4.70. The van der Waals surface area contributed by atoms with Crippen molar-refractivity contribution in [2.45, 2.75) is 38.3 Å². The number of nitriles is 2. The van der Waals surface area contributed by atoms with E-state index in [2.05, 4.69) is 22.8 Å². The van der Waals surface area contributed by atoms with E-state index in [9.17, 15) is 28.5 Å². The highest BCUT2D eigenvalue weighted by Crippen LogP contribution is 2.51. The van der Waals surface area contributed by atoms with E-state index >= 15 is 0 Å². The van der Waals surface area contributed by atoms with E-state index in [1.807, 2.05) is 0 Å². The van der Waals surface area contributed by atoms with Crippen molar-refractivity contribution in [1.29, 1.82) is 10.5 Å². The molecule has 1 aliphatic heterocycles. The molecule has 1 aromatic carbocycles. The number of rotatable bonds is 4. The van der Waals surface area contributed by atoms with Gasteiger partial charge in [0.2, 0.25) is 5.91 Å². The minimum atomic E-state index is -4.60. The topological polar surface area (TPSA) is 115 Å². The van der Waals surface area contributed by atoms with E-state index in [1.54, 1.807) is 0 Å². The quantitative estimate of drug-likeness (QED) is 0.632. The molecule has 10 heteroatoms. The highest BCUT2D eigenvalue weighted by molar-refractivity contribution is 8.03. The summed E-state index contributed by atoms with van der Waals surface area (Å²) in [6.07, 6.45) is -0.700. The molecule has 1 aliphatic carbocycles. The smallest absolute Gasteiger partial charge is 0.384 e. The minimum absolute atomic E-state index is 0.147. The van der Waals surface area contributed by atoms with Gasteiger partial charge in [-0.05, 0) is 25.0 Å². The van der Waals surface area contributed by atoms with Gasteiger partial charge in [-0.15, -0.1) is 0 Å². The van der Waals surface area contributed by atoms with Crippen molar-refractivity contribution >= 4 is 23.4 Å². The molecule has 1 amide bonds. The van der Waals surface area contributed by atoms with E-state index in [-0.39, 0.29) is 17.3 Å². The van der Waals surface area contributed by atoms with Gasteiger partial charge in [0, 0.05) is 5.41 Å². The first-order valence-electron chi connectivity index (χ1n) is 9.64. The largest absolute Gasteiger partial charge is 0.418 e. The van der Waals surface area contributed by atoms with Crippen LogP contribution >= 0.6 is 11.8 Å². The standard InChI is InChI=1S/C21H20F3N5OS/c22-21(23,24)13-6-2-3-7-16(13)28-17(30)12-31-19-15(11-26)20(8-4-1-5-9-20)14(10-25)18(27)29-19/h2-3,6-7,29H,1,4-5,8-9,12,27H2,(H,28,30). The number of nitrogens with zero attached hydrogens (tertiary/aromatic N) is 2. The number of dihydropyridines is 1. The van der Waals surface area contributed by atoms with E-state index in [4.69, 9.17) is 5.73 Å². The zero-order chi connectivity index (χ0) is 22.6. The second-order valence-electron chi connectivity index (χ2n) is 7.36. The number of nitrogens with one attached hydrogen (secondary N) is 2. The third-order valence-corrected chi connectivity index (χ3v) is 6.49. The molecular formula is C21H20F3N5OS. The number of benzene rings is 1. The molecule has 1 spiro atoms. The lowest BCUT2D eigenvalue weighted by atomic mass is 9.64. The Labute approximate surface area is 182 Å². The number of nitrogens with two attached hydrogens (primary N) is 1. The summed E-state index contributed by atoms with van der Waals surface area (Å²) in [6.45, 7) is 0. The Balaban J connectivity index is 1.81. The monoisotopic (exact) mass is 447 g/mol. The van der Waals surface area contributed by atoms with Gasteiger partial charge < -0.3 is 16.4 Å². The van der Waals surface area contributed by atoms with Crippen molar-refractivity contribution in [1.82, 2.24) is 5.32 Å². The molecule has 2 aliphatic rings.